The van der Waals surface area contributed by atoms with Crippen molar-refractivity contribution in [3.05, 3.63) is 64.0 Å². The van der Waals surface area contributed by atoms with Gasteiger partial charge in [0.2, 0.25) is 0 Å². The van der Waals surface area contributed by atoms with E-state index in [-0.39, 0.29) is 17.2 Å². The number of aliphatic hydroxyl groups is 1. The zero-order valence-corrected chi connectivity index (χ0v) is 16.9. The molecule has 0 aliphatic carbocycles. The third-order valence-electron chi connectivity index (χ3n) is 2.50. The fourth-order valence-corrected chi connectivity index (χ4v) is 2.14. The van der Waals surface area contributed by atoms with Crippen LogP contribution in [-0.4, -0.2) is 16.2 Å². The molecule has 0 fully saturated rings. The van der Waals surface area contributed by atoms with E-state index in [2.05, 4.69) is 11.9 Å². The predicted molar refractivity (Wildman–Crippen MR) is 108 cm³/mol. The van der Waals surface area contributed by atoms with Crippen molar-refractivity contribution in [3.8, 4) is 0 Å². The summed E-state index contributed by atoms with van der Waals surface area (Å²) in [5.74, 6) is -1.15. The molecule has 1 aromatic carbocycles. The van der Waals surface area contributed by atoms with E-state index >= 15 is 0 Å². The topological polar surface area (TPSA) is 69.6 Å². The Balaban J connectivity index is 0. The highest BCUT2D eigenvalue weighted by molar-refractivity contribution is 6.35. The number of rotatable bonds is 6. The first kappa shape index (κ1) is 25.3. The molecular weight excluding hydrogens is 361 g/mol. The van der Waals surface area contributed by atoms with Gasteiger partial charge in [0.05, 0.1) is 17.2 Å². The molecule has 0 amide bonds. The second-order valence-electron chi connectivity index (χ2n) is 4.24. The highest BCUT2D eigenvalue weighted by Gasteiger charge is 2.11. The van der Waals surface area contributed by atoms with Crippen LogP contribution in [0.4, 0.5) is 5.69 Å². The van der Waals surface area contributed by atoms with Gasteiger partial charge in [0.15, 0.2) is 0 Å². The number of halogens is 2. The van der Waals surface area contributed by atoms with Crippen molar-refractivity contribution in [1.29, 1.82) is 0 Å². The number of allylic oxidation sites excluding steroid dienone is 3. The lowest BCUT2D eigenvalue weighted by Crippen LogP contribution is -2.07. The molecule has 0 bridgehead atoms. The molecule has 0 saturated heterocycles. The van der Waals surface area contributed by atoms with Crippen LogP contribution in [0.3, 0.4) is 0 Å². The maximum Gasteiger partial charge on any atom is 0.307 e. The smallest absolute Gasteiger partial charge is 0.307 e. The number of benzene rings is 1. The Labute approximate surface area is 160 Å². The predicted octanol–water partition coefficient (Wildman–Crippen LogP) is 6.44. The molecule has 1 rings (SSSR count). The van der Waals surface area contributed by atoms with Gasteiger partial charge in [-0.2, -0.15) is 0 Å². The van der Waals surface area contributed by atoms with Crippen LogP contribution in [0.5, 0.6) is 0 Å². The number of carboxylic acid groups (broad SMARTS) is 1. The van der Waals surface area contributed by atoms with Crippen LogP contribution < -0.4 is 5.32 Å². The van der Waals surface area contributed by atoms with Gasteiger partial charge in [-0.1, -0.05) is 75.7 Å². The molecule has 0 heterocycles. The molecule has 3 N–H and O–H groups in total. The maximum absolute atomic E-state index is 10.9. The minimum Gasteiger partial charge on any atom is -0.509 e. The van der Waals surface area contributed by atoms with Gasteiger partial charge in [-0.3, -0.25) is 4.79 Å². The molecule has 0 atom stereocenters. The summed E-state index contributed by atoms with van der Waals surface area (Å²) in [7, 11) is 0. The molecule has 0 aromatic heterocycles. The van der Waals surface area contributed by atoms with Crippen molar-refractivity contribution >= 4 is 34.9 Å². The van der Waals surface area contributed by atoms with E-state index in [1.54, 1.807) is 31.2 Å². The highest BCUT2D eigenvalue weighted by Crippen LogP contribution is 2.26. The lowest BCUT2D eigenvalue weighted by Gasteiger charge is -2.14. The van der Waals surface area contributed by atoms with Crippen LogP contribution in [0.2, 0.25) is 0 Å². The Morgan fingerprint density at radius 1 is 1.16 bits per heavy atom. The van der Waals surface area contributed by atoms with Gasteiger partial charge in [0.25, 0.3) is 0 Å². The number of aliphatic carboxylic acids is 1. The summed E-state index contributed by atoms with van der Waals surface area (Å²) in [6, 6.07) is 6.92. The fourth-order valence-electron chi connectivity index (χ4n) is 1.62. The van der Waals surface area contributed by atoms with Crippen LogP contribution in [-0.2, 0) is 11.2 Å². The number of carboxylic acids is 1. The summed E-state index contributed by atoms with van der Waals surface area (Å²) in [4.78, 5) is 10.9. The third kappa shape index (κ3) is 10.5. The molecule has 0 spiro atoms. The molecule has 0 aliphatic heterocycles. The van der Waals surface area contributed by atoms with Gasteiger partial charge in [0, 0.05) is 16.8 Å². The standard InChI is InChI=1S/C15H15Cl2NO3.2C2H6/c1-9(19)7-12(17)15(10(2)16)18-13-6-4-3-5-11(13)8-14(20)21;2*1-2/h3-7,18-19H,1,8H2,2H3,(H,20,21);2*1-2H3/b12-7+,15-10-;;. The summed E-state index contributed by atoms with van der Waals surface area (Å²) in [6.45, 7) is 12.9. The lowest BCUT2D eigenvalue weighted by atomic mass is 10.1. The Morgan fingerprint density at radius 3 is 2.12 bits per heavy atom. The normalized spacial score (nSPS) is 11.1. The van der Waals surface area contributed by atoms with Crippen LogP contribution in [0, 0.1) is 0 Å². The molecule has 4 nitrogen and oxygen atoms in total. The summed E-state index contributed by atoms with van der Waals surface area (Å²) >= 11 is 12.1. The Kier molecular flexibility index (Phi) is 14.6. The van der Waals surface area contributed by atoms with Gasteiger partial charge >= 0.3 is 5.97 Å². The zero-order chi connectivity index (χ0) is 20.0. The van der Waals surface area contributed by atoms with Crippen molar-refractivity contribution in [3.63, 3.8) is 0 Å². The first-order chi connectivity index (χ1) is 11.8. The molecule has 140 valence electrons. The van der Waals surface area contributed by atoms with E-state index in [0.717, 1.165) is 0 Å². The number of nitrogens with one attached hydrogen (secondary N) is 1. The van der Waals surface area contributed by atoms with E-state index < -0.39 is 5.97 Å². The number of carbonyl (C=O) groups is 1. The van der Waals surface area contributed by atoms with E-state index in [1.165, 1.54) is 6.08 Å². The minimum absolute atomic E-state index is 0.133. The first-order valence-electron chi connectivity index (χ1n) is 7.99. The van der Waals surface area contributed by atoms with Gasteiger partial charge in [-0.15, -0.1) is 0 Å². The van der Waals surface area contributed by atoms with Crippen molar-refractivity contribution in [2.75, 3.05) is 5.32 Å². The molecule has 0 unspecified atom stereocenters. The van der Waals surface area contributed by atoms with Crippen molar-refractivity contribution in [1.82, 2.24) is 0 Å². The van der Waals surface area contributed by atoms with E-state index in [0.29, 0.717) is 22.0 Å². The summed E-state index contributed by atoms with van der Waals surface area (Å²) < 4.78 is 0. The van der Waals surface area contributed by atoms with E-state index in [9.17, 15) is 4.79 Å². The molecule has 6 heteroatoms. The molecule has 0 saturated carbocycles. The van der Waals surface area contributed by atoms with Crippen molar-refractivity contribution in [2.24, 2.45) is 0 Å². The van der Waals surface area contributed by atoms with Gasteiger partial charge in [-0.25, -0.2) is 0 Å². The van der Waals surface area contributed by atoms with Crippen LogP contribution in [0.15, 0.2) is 58.4 Å². The van der Waals surface area contributed by atoms with Crippen molar-refractivity contribution < 1.29 is 15.0 Å². The Morgan fingerprint density at radius 2 is 1.68 bits per heavy atom. The molecule has 1 aromatic rings. The number of aliphatic hydroxyl groups excluding tert-OH is 1. The lowest BCUT2D eigenvalue weighted by molar-refractivity contribution is -0.136. The number of anilines is 1. The van der Waals surface area contributed by atoms with E-state index in [4.69, 9.17) is 33.4 Å². The molecule has 0 aliphatic rings. The van der Waals surface area contributed by atoms with Gasteiger partial charge in [0.1, 0.15) is 5.76 Å². The van der Waals surface area contributed by atoms with E-state index in [1.807, 2.05) is 27.7 Å². The summed E-state index contributed by atoms with van der Waals surface area (Å²) in [5.41, 5.74) is 1.53. The van der Waals surface area contributed by atoms with Gasteiger partial charge < -0.3 is 15.5 Å². The third-order valence-corrected chi connectivity index (χ3v) is 2.98. The number of hydrogen-bond donors (Lipinski definition) is 3. The Hall–Kier alpha value is -1.91. The maximum atomic E-state index is 10.9. The molecule has 25 heavy (non-hydrogen) atoms. The zero-order valence-electron chi connectivity index (χ0n) is 15.4. The second-order valence-corrected chi connectivity index (χ2v) is 5.22. The second kappa shape index (κ2) is 14.4. The number of para-hydroxylation sites is 1. The van der Waals surface area contributed by atoms with Gasteiger partial charge in [-0.05, 0) is 18.6 Å². The van der Waals surface area contributed by atoms with Crippen molar-refractivity contribution in [2.45, 2.75) is 41.0 Å². The molecular formula is C19H27Cl2NO3. The average Bonchev–Trinajstić information content (AvgIpc) is 2.56. The average molecular weight is 388 g/mol. The number of hydrogen-bond acceptors (Lipinski definition) is 3. The minimum atomic E-state index is -0.942. The summed E-state index contributed by atoms with van der Waals surface area (Å²) in [6.07, 6.45) is 1.11. The summed E-state index contributed by atoms with van der Waals surface area (Å²) in [5, 5.41) is 21.6. The quantitative estimate of drug-likeness (QED) is 0.387. The monoisotopic (exact) mass is 387 g/mol. The fraction of sp³-hybridized carbons (Fsp3) is 0.316. The Bertz CT molecular complexity index is 619. The highest BCUT2D eigenvalue weighted by atomic mass is 35.5. The largest absolute Gasteiger partial charge is 0.509 e. The molecule has 0 radical (unpaired) electrons. The van der Waals surface area contributed by atoms with Crippen LogP contribution >= 0.6 is 23.2 Å². The SMILES string of the molecule is C=C(O)/C=C(Cl)\C(Nc1ccccc1CC(=O)O)=C(/C)Cl.CC.CC. The first-order valence-corrected chi connectivity index (χ1v) is 8.75. The van der Waals surface area contributed by atoms with Crippen LogP contribution in [0.25, 0.3) is 0 Å². The van der Waals surface area contributed by atoms with Crippen LogP contribution in [0.1, 0.15) is 40.2 Å².